The Kier molecular flexibility index (Phi) is 7.90. The number of hydrogen-bond donors (Lipinski definition) is 0. The minimum Gasteiger partial charge on any atom is -0.453 e. The van der Waals surface area contributed by atoms with Crippen LogP contribution in [0.2, 0.25) is 0 Å². The molecule has 0 amide bonds. The van der Waals surface area contributed by atoms with Crippen molar-refractivity contribution < 1.29 is 4.74 Å². The van der Waals surface area contributed by atoms with E-state index >= 15 is 0 Å². The van der Waals surface area contributed by atoms with E-state index in [-0.39, 0.29) is 5.41 Å². The zero-order chi connectivity index (χ0) is 40.1. The lowest BCUT2D eigenvalue weighted by molar-refractivity contribution is -0.0454. The van der Waals surface area contributed by atoms with Crippen molar-refractivity contribution in [3.8, 4) is 45.4 Å². The van der Waals surface area contributed by atoms with Gasteiger partial charge in [0.2, 0.25) is 0 Å². The summed E-state index contributed by atoms with van der Waals surface area (Å²) in [6, 6.07) is 61.0. The fraction of sp³-hybridized carbons (Fsp3) is 0.182. The van der Waals surface area contributed by atoms with Gasteiger partial charge in [-0.3, -0.25) is 0 Å². The van der Waals surface area contributed by atoms with Gasteiger partial charge in [-0.05, 0) is 127 Å². The fourth-order valence-electron chi connectivity index (χ4n) is 11.9. The van der Waals surface area contributed by atoms with Crippen LogP contribution in [0.15, 0.2) is 170 Å². The number of rotatable bonds is 6. The van der Waals surface area contributed by atoms with Gasteiger partial charge in [-0.2, -0.15) is 0 Å². The third-order valence-electron chi connectivity index (χ3n) is 14.3. The summed E-state index contributed by atoms with van der Waals surface area (Å²) in [6.45, 7) is 0. The van der Waals surface area contributed by atoms with Crippen LogP contribution in [0.4, 0.5) is 17.1 Å². The Bertz CT molecular complexity index is 3060. The first-order valence-electron chi connectivity index (χ1n) is 21.8. The van der Waals surface area contributed by atoms with Crippen molar-refractivity contribution in [2.75, 3.05) is 4.90 Å². The largest absolute Gasteiger partial charge is 0.453 e. The van der Waals surface area contributed by atoms with Gasteiger partial charge in [0.15, 0.2) is 23.1 Å². The minimum atomic E-state index is -0.313. The normalized spacial score (nSPS) is 22.3. The van der Waals surface area contributed by atoms with E-state index in [2.05, 4.69) is 175 Å². The third-order valence-corrected chi connectivity index (χ3v) is 15.5. The Morgan fingerprint density at radius 3 is 1.79 bits per heavy atom. The molecule has 0 unspecified atom stereocenters. The van der Waals surface area contributed by atoms with Crippen molar-refractivity contribution in [1.29, 1.82) is 0 Å². The number of anilines is 3. The summed E-state index contributed by atoms with van der Waals surface area (Å²) in [5, 5.41) is 2.60. The molecule has 1 aliphatic heterocycles. The first kappa shape index (κ1) is 35.2. The van der Waals surface area contributed by atoms with E-state index in [1.54, 1.807) is 0 Å². The number of ether oxygens (including phenoxy) is 1. The highest BCUT2D eigenvalue weighted by molar-refractivity contribution is 7.25. The summed E-state index contributed by atoms with van der Waals surface area (Å²) in [7, 11) is 0. The van der Waals surface area contributed by atoms with Crippen LogP contribution < -0.4 is 9.64 Å². The van der Waals surface area contributed by atoms with E-state index in [9.17, 15) is 0 Å². The number of aromatic nitrogens is 3. The van der Waals surface area contributed by atoms with Crippen LogP contribution in [0.1, 0.15) is 43.5 Å². The average molecular weight is 807 g/mol. The van der Waals surface area contributed by atoms with Crippen LogP contribution in [-0.2, 0) is 5.41 Å². The van der Waals surface area contributed by atoms with E-state index in [0.29, 0.717) is 11.8 Å². The first-order valence-corrected chi connectivity index (χ1v) is 22.6. The van der Waals surface area contributed by atoms with Crippen LogP contribution in [0.5, 0.6) is 11.5 Å². The van der Waals surface area contributed by atoms with E-state index < -0.39 is 0 Å². The van der Waals surface area contributed by atoms with Crippen molar-refractivity contribution in [2.24, 2.45) is 23.7 Å². The molecule has 61 heavy (non-hydrogen) atoms. The van der Waals surface area contributed by atoms with Crippen molar-refractivity contribution in [2.45, 2.75) is 37.5 Å². The van der Waals surface area contributed by atoms with Gasteiger partial charge in [0.1, 0.15) is 5.82 Å². The molecular formula is C55H42N4OS. The number of fused-ring (bicyclic) bond motifs is 5. The van der Waals surface area contributed by atoms with Crippen LogP contribution >= 0.6 is 11.3 Å². The summed E-state index contributed by atoms with van der Waals surface area (Å²) in [5.74, 6) is 6.65. The standard InChI is InChI=1S/C55H42N4OS/c1-3-11-36(12-4-1)52-56-53(37-13-5-2-6-14-37)58-54(57-52)55(41-28-34-27-35(30-41)31-42(55)29-34)40-21-23-43(24-22-40)59-46-16-8-9-17-48(46)60-49-33-39(19-25-47(49)59)38-20-26-51-45(32-38)44-15-7-10-18-50(44)61-51/h1-26,32-35,41-42H,27-31H2. The maximum atomic E-state index is 6.72. The molecule has 4 saturated carbocycles. The number of hydrogen-bond acceptors (Lipinski definition) is 6. The van der Waals surface area contributed by atoms with Crippen molar-refractivity contribution >= 4 is 48.6 Å². The predicted molar refractivity (Wildman–Crippen MR) is 248 cm³/mol. The van der Waals surface area contributed by atoms with Crippen LogP contribution in [0, 0.1) is 23.7 Å². The summed E-state index contributed by atoms with van der Waals surface area (Å²) in [6.07, 6.45) is 6.28. The average Bonchev–Trinajstić information content (AvgIpc) is 3.69. The van der Waals surface area contributed by atoms with Crippen molar-refractivity contribution in [1.82, 2.24) is 15.0 Å². The van der Waals surface area contributed by atoms with E-state index in [0.717, 1.165) is 74.6 Å². The minimum absolute atomic E-state index is 0.313. The monoisotopic (exact) mass is 806 g/mol. The molecule has 294 valence electrons. The highest BCUT2D eigenvalue weighted by Crippen LogP contribution is 2.65. The highest BCUT2D eigenvalue weighted by atomic mass is 32.1. The lowest BCUT2D eigenvalue weighted by Crippen LogP contribution is -2.57. The Balaban J connectivity index is 0.936. The predicted octanol–water partition coefficient (Wildman–Crippen LogP) is 14.6. The number of para-hydroxylation sites is 2. The van der Waals surface area contributed by atoms with Gasteiger partial charge in [-0.1, -0.05) is 115 Å². The molecule has 0 radical (unpaired) electrons. The number of benzene rings is 7. The van der Waals surface area contributed by atoms with Crippen LogP contribution in [0.25, 0.3) is 54.1 Å². The molecule has 2 aromatic heterocycles. The molecule has 4 aliphatic carbocycles. The molecule has 5 aliphatic rings. The van der Waals surface area contributed by atoms with Gasteiger partial charge >= 0.3 is 0 Å². The molecule has 0 N–H and O–H groups in total. The molecule has 4 bridgehead atoms. The Hall–Kier alpha value is -6.63. The quantitative estimate of drug-likeness (QED) is 0.167. The SMILES string of the molecule is c1ccc(-c2nc(-c3ccccc3)nc(C3(c4ccc(N5c6ccccc6Oc6cc(-c7ccc8sc9ccccc9c8c7)ccc65)cc4)C4CC5CC(C4)CC3C5)n2)cc1. The van der Waals surface area contributed by atoms with Gasteiger partial charge in [-0.25, -0.2) is 15.0 Å². The Morgan fingerprint density at radius 2 is 1.07 bits per heavy atom. The molecule has 4 fully saturated rings. The molecule has 14 rings (SSSR count). The van der Waals surface area contributed by atoms with Crippen LogP contribution in [-0.4, -0.2) is 15.0 Å². The molecule has 0 spiro atoms. The van der Waals surface area contributed by atoms with Gasteiger partial charge in [0, 0.05) is 37.0 Å². The van der Waals surface area contributed by atoms with Crippen molar-refractivity contribution in [3.05, 3.63) is 181 Å². The smallest absolute Gasteiger partial charge is 0.163 e. The maximum absolute atomic E-state index is 6.72. The zero-order valence-corrected chi connectivity index (χ0v) is 34.4. The fourth-order valence-corrected chi connectivity index (χ4v) is 13.0. The number of nitrogens with zero attached hydrogens (tertiary/aromatic N) is 4. The summed E-state index contributed by atoms with van der Waals surface area (Å²) >= 11 is 1.85. The molecule has 0 saturated heterocycles. The first-order chi connectivity index (χ1) is 30.2. The summed E-state index contributed by atoms with van der Waals surface area (Å²) in [4.78, 5) is 18.5. The van der Waals surface area contributed by atoms with Crippen molar-refractivity contribution in [3.63, 3.8) is 0 Å². The highest BCUT2D eigenvalue weighted by Gasteiger charge is 2.60. The third kappa shape index (κ3) is 5.55. The Morgan fingerprint density at radius 1 is 0.475 bits per heavy atom. The molecule has 5 nitrogen and oxygen atoms in total. The van der Waals surface area contributed by atoms with Gasteiger partial charge in [0.05, 0.1) is 16.8 Å². The Labute approximate surface area is 359 Å². The van der Waals surface area contributed by atoms with E-state index in [1.165, 1.54) is 63.4 Å². The second kappa shape index (κ2) is 13.7. The molecule has 9 aromatic rings. The lowest BCUT2D eigenvalue weighted by Gasteiger charge is -2.60. The lowest BCUT2D eigenvalue weighted by atomic mass is 9.43. The molecular weight excluding hydrogens is 765 g/mol. The molecule has 6 heteroatoms. The van der Waals surface area contributed by atoms with Gasteiger partial charge < -0.3 is 9.64 Å². The zero-order valence-electron chi connectivity index (χ0n) is 33.6. The topological polar surface area (TPSA) is 51.1 Å². The molecule has 7 aromatic carbocycles. The molecule has 0 atom stereocenters. The second-order valence-electron chi connectivity index (χ2n) is 17.7. The van der Waals surface area contributed by atoms with E-state index in [4.69, 9.17) is 19.7 Å². The molecule has 3 heterocycles. The van der Waals surface area contributed by atoms with Gasteiger partial charge in [0.25, 0.3) is 0 Å². The number of thiophene rings is 1. The van der Waals surface area contributed by atoms with Crippen LogP contribution in [0.3, 0.4) is 0 Å². The second-order valence-corrected chi connectivity index (χ2v) is 18.7. The summed E-state index contributed by atoms with van der Waals surface area (Å²) < 4.78 is 9.35. The maximum Gasteiger partial charge on any atom is 0.163 e. The van der Waals surface area contributed by atoms with Gasteiger partial charge in [-0.15, -0.1) is 11.3 Å². The summed E-state index contributed by atoms with van der Waals surface area (Å²) in [5.41, 5.74) is 8.53. The van der Waals surface area contributed by atoms with E-state index in [1.807, 2.05) is 11.3 Å².